The summed E-state index contributed by atoms with van der Waals surface area (Å²) in [6, 6.07) is 8.74. The maximum Gasteiger partial charge on any atom is 0.191 e. The highest BCUT2D eigenvalue weighted by molar-refractivity contribution is 5.79. The summed E-state index contributed by atoms with van der Waals surface area (Å²) in [6.07, 6.45) is 7.59. The average Bonchev–Trinajstić information content (AvgIpc) is 3.29. The first-order valence-electron chi connectivity index (χ1n) is 11.9. The van der Waals surface area contributed by atoms with Crippen LogP contribution in [-0.4, -0.2) is 63.0 Å². The van der Waals surface area contributed by atoms with Gasteiger partial charge in [-0.2, -0.15) is 0 Å². The number of hydrogen-bond donors (Lipinski definition) is 2. The van der Waals surface area contributed by atoms with Crippen LogP contribution in [-0.2, 0) is 22.6 Å². The molecule has 3 rings (SSSR count). The van der Waals surface area contributed by atoms with Crippen molar-refractivity contribution in [2.45, 2.75) is 64.6 Å². The van der Waals surface area contributed by atoms with E-state index in [1.54, 1.807) is 0 Å². The molecule has 0 aliphatic carbocycles. The Morgan fingerprint density at radius 3 is 2.73 bits per heavy atom. The van der Waals surface area contributed by atoms with E-state index >= 15 is 0 Å². The molecule has 0 amide bonds. The molecule has 1 aromatic carbocycles. The number of guanidine groups is 1. The lowest BCUT2D eigenvalue weighted by atomic mass is 10.1. The molecule has 2 fully saturated rings. The fraction of sp³-hybridized carbons (Fsp3) is 0.708. The molecule has 0 bridgehead atoms. The Kier molecular flexibility index (Phi) is 10.5. The Labute approximate surface area is 182 Å². The minimum absolute atomic E-state index is 0.307. The van der Waals surface area contributed by atoms with Gasteiger partial charge in [0, 0.05) is 32.8 Å². The minimum Gasteiger partial charge on any atom is -0.379 e. The lowest BCUT2D eigenvalue weighted by molar-refractivity contribution is 0.0168. The van der Waals surface area contributed by atoms with Crippen molar-refractivity contribution >= 4 is 5.96 Å². The number of nitrogens with zero attached hydrogens (tertiary/aromatic N) is 2. The summed E-state index contributed by atoms with van der Waals surface area (Å²) in [5.74, 6) is 0.879. The van der Waals surface area contributed by atoms with Crippen molar-refractivity contribution in [3.63, 3.8) is 0 Å². The predicted octanol–water partition coefficient (Wildman–Crippen LogP) is 3.31. The van der Waals surface area contributed by atoms with E-state index in [0.717, 1.165) is 58.3 Å². The summed E-state index contributed by atoms with van der Waals surface area (Å²) in [5, 5.41) is 6.79. The van der Waals surface area contributed by atoms with Crippen molar-refractivity contribution in [2.75, 3.05) is 46.0 Å². The first-order valence-corrected chi connectivity index (χ1v) is 11.9. The highest BCUT2D eigenvalue weighted by Gasteiger charge is 2.15. The second-order valence-electron chi connectivity index (χ2n) is 8.29. The molecular weight excluding hydrogens is 376 g/mol. The third kappa shape index (κ3) is 8.25. The first kappa shape index (κ1) is 23.0. The molecule has 1 aromatic rings. The summed E-state index contributed by atoms with van der Waals surface area (Å²) in [7, 11) is 0. The zero-order chi connectivity index (χ0) is 20.9. The van der Waals surface area contributed by atoms with Gasteiger partial charge in [0.05, 0.1) is 19.3 Å². The van der Waals surface area contributed by atoms with Crippen LogP contribution in [0.15, 0.2) is 29.3 Å². The van der Waals surface area contributed by atoms with Crippen molar-refractivity contribution in [3.8, 4) is 0 Å². The van der Waals surface area contributed by atoms with Gasteiger partial charge < -0.3 is 20.1 Å². The van der Waals surface area contributed by atoms with Gasteiger partial charge in [-0.15, -0.1) is 0 Å². The molecule has 30 heavy (non-hydrogen) atoms. The van der Waals surface area contributed by atoms with Gasteiger partial charge in [-0.1, -0.05) is 30.7 Å². The van der Waals surface area contributed by atoms with Crippen LogP contribution in [0, 0.1) is 0 Å². The molecule has 2 aliphatic rings. The molecule has 0 radical (unpaired) electrons. The van der Waals surface area contributed by atoms with Gasteiger partial charge in [-0.05, 0) is 63.2 Å². The SMILES string of the molecule is CCNC(=NCc1ccccc1CN1CCCCC1)NCCCOCC1CCCO1. The van der Waals surface area contributed by atoms with Crippen LogP contribution in [0.4, 0.5) is 0 Å². The molecule has 2 saturated heterocycles. The minimum atomic E-state index is 0.307. The highest BCUT2D eigenvalue weighted by Crippen LogP contribution is 2.17. The number of likely N-dealkylation sites (tertiary alicyclic amines) is 1. The Morgan fingerprint density at radius 1 is 1.13 bits per heavy atom. The standard InChI is InChI=1S/C24H40N4O2/c1-2-25-24(26-13-9-16-29-20-23-12-8-17-30-23)27-18-21-10-4-5-11-22(21)19-28-14-6-3-7-15-28/h4-5,10-11,23H,2-3,6-9,12-20H2,1H3,(H2,25,26,27). The predicted molar refractivity (Wildman–Crippen MR) is 123 cm³/mol. The van der Waals surface area contributed by atoms with E-state index in [1.807, 2.05) is 0 Å². The third-order valence-corrected chi connectivity index (χ3v) is 5.80. The molecule has 168 valence electrons. The van der Waals surface area contributed by atoms with Gasteiger partial charge in [-0.3, -0.25) is 4.90 Å². The average molecular weight is 417 g/mol. The molecular formula is C24H40N4O2. The van der Waals surface area contributed by atoms with Crippen molar-refractivity contribution in [3.05, 3.63) is 35.4 Å². The smallest absolute Gasteiger partial charge is 0.191 e. The second kappa shape index (κ2) is 13.6. The number of aliphatic imine (C=N–C) groups is 1. The van der Waals surface area contributed by atoms with Crippen molar-refractivity contribution in [1.82, 2.24) is 15.5 Å². The Bertz CT molecular complexity index is 625. The summed E-state index contributed by atoms with van der Waals surface area (Å²) in [6.45, 7) is 10.4. The Balaban J connectivity index is 1.42. The van der Waals surface area contributed by atoms with Crippen LogP contribution >= 0.6 is 0 Å². The normalized spacial score (nSPS) is 20.4. The van der Waals surface area contributed by atoms with E-state index in [4.69, 9.17) is 14.5 Å². The van der Waals surface area contributed by atoms with Crippen molar-refractivity contribution < 1.29 is 9.47 Å². The molecule has 0 aromatic heterocycles. The van der Waals surface area contributed by atoms with E-state index in [1.165, 1.54) is 49.9 Å². The molecule has 1 atom stereocenters. The van der Waals surface area contributed by atoms with E-state index < -0.39 is 0 Å². The number of piperidine rings is 1. The van der Waals surface area contributed by atoms with Crippen LogP contribution in [0.25, 0.3) is 0 Å². The molecule has 2 heterocycles. The third-order valence-electron chi connectivity index (χ3n) is 5.80. The van der Waals surface area contributed by atoms with E-state index in [0.29, 0.717) is 12.6 Å². The number of rotatable bonds is 11. The maximum absolute atomic E-state index is 5.75. The fourth-order valence-electron chi connectivity index (χ4n) is 4.10. The monoisotopic (exact) mass is 416 g/mol. The molecule has 1 unspecified atom stereocenters. The van der Waals surface area contributed by atoms with Crippen molar-refractivity contribution in [1.29, 1.82) is 0 Å². The largest absolute Gasteiger partial charge is 0.379 e. The van der Waals surface area contributed by atoms with Gasteiger partial charge in [0.1, 0.15) is 0 Å². The highest BCUT2D eigenvalue weighted by atomic mass is 16.5. The van der Waals surface area contributed by atoms with E-state index in [-0.39, 0.29) is 0 Å². The van der Waals surface area contributed by atoms with Gasteiger partial charge in [0.2, 0.25) is 0 Å². The van der Waals surface area contributed by atoms with E-state index in [2.05, 4.69) is 46.7 Å². The van der Waals surface area contributed by atoms with Gasteiger partial charge in [-0.25, -0.2) is 4.99 Å². The second-order valence-corrected chi connectivity index (χ2v) is 8.29. The summed E-state index contributed by atoms with van der Waals surface area (Å²) >= 11 is 0. The topological polar surface area (TPSA) is 58.1 Å². The lowest BCUT2D eigenvalue weighted by Gasteiger charge is -2.27. The Hall–Kier alpha value is -1.63. The van der Waals surface area contributed by atoms with Gasteiger partial charge in [0.25, 0.3) is 0 Å². The van der Waals surface area contributed by atoms with Gasteiger partial charge >= 0.3 is 0 Å². The maximum atomic E-state index is 5.75. The van der Waals surface area contributed by atoms with Crippen LogP contribution in [0.5, 0.6) is 0 Å². The number of nitrogens with one attached hydrogen (secondary N) is 2. The molecule has 0 saturated carbocycles. The molecule has 0 spiro atoms. The number of hydrogen-bond acceptors (Lipinski definition) is 4. The Morgan fingerprint density at radius 2 is 1.97 bits per heavy atom. The summed E-state index contributed by atoms with van der Waals surface area (Å²) < 4.78 is 11.3. The van der Waals surface area contributed by atoms with Crippen LogP contribution < -0.4 is 10.6 Å². The quantitative estimate of drug-likeness (QED) is 0.329. The van der Waals surface area contributed by atoms with Crippen LogP contribution in [0.2, 0.25) is 0 Å². The number of ether oxygens (including phenoxy) is 2. The molecule has 2 N–H and O–H groups in total. The summed E-state index contributed by atoms with van der Waals surface area (Å²) in [4.78, 5) is 7.41. The van der Waals surface area contributed by atoms with Gasteiger partial charge in [0.15, 0.2) is 5.96 Å². The zero-order valence-corrected chi connectivity index (χ0v) is 18.7. The molecule has 6 heteroatoms. The first-order chi connectivity index (χ1) is 14.8. The van der Waals surface area contributed by atoms with Crippen LogP contribution in [0.3, 0.4) is 0 Å². The summed E-state index contributed by atoms with van der Waals surface area (Å²) in [5.41, 5.74) is 2.72. The molecule has 6 nitrogen and oxygen atoms in total. The lowest BCUT2D eigenvalue weighted by Crippen LogP contribution is -2.38. The van der Waals surface area contributed by atoms with E-state index in [9.17, 15) is 0 Å². The molecule has 2 aliphatic heterocycles. The fourth-order valence-corrected chi connectivity index (χ4v) is 4.10. The number of benzene rings is 1. The zero-order valence-electron chi connectivity index (χ0n) is 18.7. The van der Waals surface area contributed by atoms with Crippen LogP contribution in [0.1, 0.15) is 56.6 Å². The van der Waals surface area contributed by atoms with Crippen molar-refractivity contribution in [2.24, 2.45) is 4.99 Å².